The van der Waals surface area contributed by atoms with Crippen LogP contribution in [0.15, 0.2) is 30.3 Å². The number of hydrogen-bond donors (Lipinski definition) is 2. The van der Waals surface area contributed by atoms with Gasteiger partial charge in [0.05, 0.1) is 0 Å². The number of anilines is 2. The van der Waals surface area contributed by atoms with E-state index in [4.69, 9.17) is 4.74 Å². The van der Waals surface area contributed by atoms with Gasteiger partial charge in [0.25, 0.3) is 5.91 Å². The van der Waals surface area contributed by atoms with Crippen LogP contribution in [-0.4, -0.2) is 48.2 Å². The summed E-state index contributed by atoms with van der Waals surface area (Å²) in [5.74, 6) is 0.752. The van der Waals surface area contributed by atoms with Crippen LogP contribution in [0.1, 0.15) is 31.9 Å². The van der Waals surface area contributed by atoms with E-state index in [1.165, 1.54) is 31.4 Å². The van der Waals surface area contributed by atoms with E-state index in [-0.39, 0.29) is 11.7 Å². The van der Waals surface area contributed by atoms with Crippen molar-refractivity contribution in [1.29, 1.82) is 0 Å². The molecule has 1 saturated heterocycles. The molecule has 2 aromatic rings. The van der Waals surface area contributed by atoms with Gasteiger partial charge in [-0.1, -0.05) is 12.1 Å². The Bertz CT molecular complexity index is 826. The second-order valence-corrected chi connectivity index (χ2v) is 7.15. The maximum atomic E-state index is 13.6. The van der Waals surface area contributed by atoms with Gasteiger partial charge in [0, 0.05) is 37.9 Å². The summed E-state index contributed by atoms with van der Waals surface area (Å²) in [6.07, 6.45) is 2.84. The topological polar surface area (TPSA) is 79.4 Å². The maximum absolute atomic E-state index is 13.6. The van der Waals surface area contributed by atoms with Crippen molar-refractivity contribution in [3.63, 3.8) is 0 Å². The summed E-state index contributed by atoms with van der Waals surface area (Å²) in [6.45, 7) is 6.42. The third kappa shape index (κ3) is 6.04. The molecule has 2 heterocycles. The summed E-state index contributed by atoms with van der Waals surface area (Å²) in [5.41, 5.74) is 0.902. The lowest BCUT2D eigenvalue weighted by Crippen LogP contribution is -2.38. The average Bonchev–Trinajstić information content (AvgIpc) is 2.73. The maximum Gasteiger partial charge on any atom is 0.260 e. The zero-order chi connectivity index (χ0) is 20.6. The third-order valence-electron chi connectivity index (χ3n) is 4.74. The lowest BCUT2D eigenvalue weighted by molar-refractivity contribution is -0.127. The van der Waals surface area contributed by atoms with Gasteiger partial charge in [-0.2, -0.15) is 4.98 Å². The predicted octanol–water partition coefficient (Wildman–Crippen LogP) is 2.91. The molecule has 1 atom stereocenters. The highest BCUT2D eigenvalue weighted by atomic mass is 19.1. The highest BCUT2D eigenvalue weighted by Crippen LogP contribution is 2.19. The molecular weight excluding hydrogens is 373 g/mol. The molecule has 1 aromatic heterocycles. The largest absolute Gasteiger partial charge is 0.478 e. The molecule has 7 nitrogen and oxygen atoms in total. The van der Waals surface area contributed by atoms with Gasteiger partial charge in [-0.3, -0.25) is 4.79 Å². The molecule has 1 aliphatic heterocycles. The van der Waals surface area contributed by atoms with Gasteiger partial charge >= 0.3 is 0 Å². The Morgan fingerprint density at radius 1 is 1.21 bits per heavy atom. The Morgan fingerprint density at radius 3 is 2.72 bits per heavy atom. The molecule has 0 aliphatic carbocycles. The minimum atomic E-state index is -0.798. The molecular formula is C21H28FN5O2. The highest BCUT2D eigenvalue weighted by Gasteiger charge is 2.16. The first kappa shape index (κ1) is 20.8. The van der Waals surface area contributed by atoms with Gasteiger partial charge in [0.1, 0.15) is 5.82 Å². The zero-order valence-electron chi connectivity index (χ0n) is 16.9. The Hall–Kier alpha value is -2.90. The number of nitrogens with zero attached hydrogens (tertiary/aromatic N) is 3. The first-order chi connectivity index (χ1) is 14.0. The minimum absolute atomic E-state index is 0.0617. The number of piperidine rings is 1. The molecule has 1 aliphatic rings. The first-order valence-corrected chi connectivity index (χ1v) is 10.1. The van der Waals surface area contributed by atoms with E-state index in [0.29, 0.717) is 19.0 Å². The molecule has 2 N–H and O–H groups in total. The molecule has 1 aromatic carbocycles. The number of carbonyl (C=O) groups is 1. The van der Waals surface area contributed by atoms with Crippen molar-refractivity contribution in [3.8, 4) is 5.75 Å². The fourth-order valence-corrected chi connectivity index (χ4v) is 3.20. The number of nitrogens with one attached hydrogen (secondary N) is 2. The van der Waals surface area contributed by atoms with Crippen LogP contribution >= 0.6 is 0 Å². The Morgan fingerprint density at radius 2 is 1.97 bits per heavy atom. The van der Waals surface area contributed by atoms with Gasteiger partial charge in [0.15, 0.2) is 17.7 Å². The van der Waals surface area contributed by atoms with Crippen LogP contribution in [0.3, 0.4) is 0 Å². The summed E-state index contributed by atoms with van der Waals surface area (Å²) in [6, 6.07) is 8.02. The average molecular weight is 401 g/mol. The molecule has 0 bridgehead atoms. The number of benzene rings is 1. The van der Waals surface area contributed by atoms with E-state index >= 15 is 0 Å². The van der Waals surface area contributed by atoms with Gasteiger partial charge in [-0.05, 0) is 45.2 Å². The van der Waals surface area contributed by atoms with E-state index in [1.54, 1.807) is 19.1 Å². The third-order valence-corrected chi connectivity index (χ3v) is 4.74. The number of aromatic nitrogens is 2. The van der Waals surface area contributed by atoms with Crippen molar-refractivity contribution < 1.29 is 13.9 Å². The van der Waals surface area contributed by atoms with E-state index in [1.807, 2.05) is 13.0 Å². The molecule has 0 saturated carbocycles. The van der Waals surface area contributed by atoms with Crippen molar-refractivity contribution in [3.05, 3.63) is 41.8 Å². The summed E-state index contributed by atoms with van der Waals surface area (Å²) in [5, 5.41) is 5.92. The summed E-state index contributed by atoms with van der Waals surface area (Å²) >= 11 is 0. The Balaban J connectivity index is 1.45. The summed E-state index contributed by atoms with van der Waals surface area (Å²) < 4.78 is 19.0. The van der Waals surface area contributed by atoms with E-state index in [2.05, 4.69) is 25.5 Å². The predicted molar refractivity (Wildman–Crippen MR) is 111 cm³/mol. The van der Waals surface area contributed by atoms with Crippen LogP contribution < -0.4 is 20.3 Å². The molecule has 1 amide bonds. The van der Waals surface area contributed by atoms with Crippen LogP contribution in [0.2, 0.25) is 0 Å². The Kier molecular flexibility index (Phi) is 7.21. The van der Waals surface area contributed by atoms with Crippen molar-refractivity contribution in [2.75, 3.05) is 36.4 Å². The first-order valence-electron chi connectivity index (χ1n) is 10.1. The van der Waals surface area contributed by atoms with E-state index in [9.17, 15) is 9.18 Å². The standard InChI is InChI=1S/C21H28FN5O2/c1-15-14-19(27-12-6-3-7-13-27)26-21(25-15)24-11-10-23-20(28)16(2)29-18-9-5-4-8-17(18)22/h4-5,8-9,14,16H,3,6-7,10-13H2,1-2H3,(H,23,28)(H,24,25,26). The number of aryl methyl sites for hydroxylation is 1. The monoisotopic (exact) mass is 401 g/mol. The van der Waals surface area contributed by atoms with Gasteiger partial charge in [-0.25, -0.2) is 9.37 Å². The van der Waals surface area contributed by atoms with Crippen LogP contribution in [0.25, 0.3) is 0 Å². The fraction of sp³-hybridized carbons (Fsp3) is 0.476. The fourth-order valence-electron chi connectivity index (χ4n) is 3.20. The number of amides is 1. The normalized spacial score (nSPS) is 14.9. The second-order valence-electron chi connectivity index (χ2n) is 7.15. The molecule has 3 rings (SSSR count). The number of carbonyl (C=O) groups excluding carboxylic acids is 1. The van der Waals surface area contributed by atoms with Gasteiger partial charge in [-0.15, -0.1) is 0 Å². The zero-order valence-corrected chi connectivity index (χ0v) is 16.9. The van der Waals surface area contributed by atoms with E-state index in [0.717, 1.165) is 24.6 Å². The number of halogens is 1. The number of hydrogen-bond acceptors (Lipinski definition) is 6. The second kappa shape index (κ2) is 10.0. The smallest absolute Gasteiger partial charge is 0.260 e. The molecule has 0 radical (unpaired) electrons. The van der Waals surface area contributed by atoms with Crippen molar-refractivity contribution in [2.24, 2.45) is 0 Å². The van der Waals surface area contributed by atoms with Gasteiger partial charge in [0.2, 0.25) is 5.95 Å². The molecule has 1 fully saturated rings. The summed E-state index contributed by atoms with van der Waals surface area (Å²) in [7, 11) is 0. The molecule has 8 heteroatoms. The highest BCUT2D eigenvalue weighted by molar-refractivity contribution is 5.80. The van der Waals surface area contributed by atoms with Crippen molar-refractivity contribution in [1.82, 2.24) is 15.3 Å². The molecule has 156 valence electrons. The van der Waals surface area contributed by atoms with Crippen molar-refractivity contribution >= 4 is 17.7 Å². The van der Waals surface area contributed by atoms with Gasteiger partial charge < -0.3 is 20.3 Å². The SMILES string of the molecule is Cc1cc(N2CCCCC2)nc(NCCNC(=O)C(C)Oc2ccccc2F)n1. The van der Waals surface area contributed by atoms with E-state index < -0.39 is 11.9 Å². The lowest BCUT2D eigenvalue weighted by Gasteiger charge is -2.28. The number of ether oxygens (including phenoxy) is 1. The van der Waals surface area contributed by atoms with Crippen LogP contribution in [0, 0.1) is 12.7 Å². The van der Waals surface area contributed by atoms with Crippen LogP contribution in [-0.2, 0) is 4.79 Å². The number of para-hydroxylation sites is 1. The van der Waals surface area contributed by atoms with Crippen molar-refractivity contribution in [2.45, 2.75) is 39.2 Å². The minimum Gasteiger partial charge on any atom is -0.478 e. The molecule has 1 unspecified atom stereocenters. The summed E-state index contributed by atoms with van der Waals surface area (Å²) in [4.78, 5) is 23.5. The Labute approximate surface area is 170 Å². The quantitative estimate of drug-likeness (QED) is 0.662. The molecule has 0 spiro atoms. The number of rotatable bonds is 8. The lowest BCUT2D eigenvalue weighted by atomic mass is 10.1. The van der Waals surface area contributed by atoms with Crippen LogP contribution in [0.4, 0.5) is 16.2 Å². The van der Waals surface area contributed by atoms with Crippen LogP contribution in [0.5, 0.6) is 5.75 Å². The molecule has 29 heavy (non-hydrogen) atoms.